The van der Waals surface area contributed by atoms with Crippen LogP contribution in [-0.2, 0) is 4.79 Å². The lowest BCUT2D eigenvalue weighted by Gasteiger charge is -2.31. The van der Waals surface area contributed by atoms with E-state index in [2.05, 4.69) is 38.7 Å². The number of carbonyl (C=O) groups excluding carboxylic acids is 1. The summed E-state index contributed by atoms with van der Waals surface area (Å²) in [4.78, 5) is 11.5. The number of fused-ring (bicyclic) bond motifs is 1. The number of nitrogens with one attached hydrogen (secondary N) is 1. The lowest BCUT2D eigenvalue weighted by molar-refractivity contribution is -0.130. The summed E-state index contributed by atoms with van der Waals surface area (Å²) in [5, 5.41) is 3.44. The molecule has 0 bridgehead atoms. The fourth-order valence-electron chi connectivity index (χ4n) is 2.22. The van der Waals surface area contributed by atoms with E-state index in [9.17, 15) is 4.79 Å². The van der Waals surface area contributed by atoms with Crippen molar-refractivity contribution >= 4 is 17.2 Å². The fourth-order valence-corrected chi connectivity index (χ4v) is 2.22. The smallest absolute Gasteiger partial charge is 0.338 e. The first-order valence-corrected chi connectivity index (χ1v) is 6.28. The first kappa shape index (κ1) is 13.4. The van der Waals surface area contributed by atoms with Crippen LogP contribution < -0.4 is 10.1 Å². The Balaban J connectivity index is 2.33. The van der Waals surface area contributed by atoms with Crippen LogP contribution in [0.5, 0.6) is 5.75 Å². The molecule has 3 nitrogen and oxygen atoms in total. The molecule has 0 amide bonds. The molecule has 1 heterocycles. The van der Waals surface area contributed by atoms with E-state index in [0.717, 1.165) is 11.3 Å². The van der Waals surface area contributed by atoms with Crippen LogP contribution in [0.3, 0.4) is 0 Å². The van der Waals surface area contributed by atoms with Crippen molar-refractivity contribution in [2.24, 2.45) is 0 Å². The van der Waals surface area contributed by atoms with Gasteiger partial charge in [0.25, 0.3) is 0 Å². The van der Waals surface area contributed by atoms with Crippen LogP contribution >= 0.6 is 0 Å². The second-order valence-electron chi connectivity index (χ2n) is 5.55. The Labute approximate surface area is 114 Å². The highest BCUT2D eigenvalue weighted by molar-refractivity contribution is 5.89. The molecule has 0 spiro atoms. The maximum atomic E-state index is 11.5. The Bertz CT molecular complexity index is 582. The maximum absolute atomic E-state index is 11.5. The van der Waals surface area contributed by atoms with Gasteiger partial charge in [0.05, 0.1) is 5.54 Å². The molecule has 0 radical (unpaired) electrons. The molecule has 1 aromatic rings. The topological polar surface area (TPSA) is 38.3 Å². The summed E-state index contributed by atoms with van der Waals surface area (Å²) in [5.74, 6) is 0.145. The van der Waals surface area contributed by atoms with Gasteiger partial charge in [-0.2, -0.15) is 0 Å². The van der Waals surface area contributed by atoms with Crippen LogP contribution in [-0.4, -0.2) is 11.5 Å². The highest BCUT2D eigenvalue weighted by Gasteiger charge is 2.22. The van der Waals surface area contributed by atoms with E-state index in [1.165, 1.54) is 5.57 Å². The van der Waals surface area contributed by atoms with Crippen molar-refractivity contribution in [1.29, 1.82) is 0 Å². The maximum Gasteiger partial charge on any atom is 0.338 e. The number of benzene rings is 1. The number of carbonyl (C=O) groups is 1. The Morgan fingerprint density at radius 2 is 2.05 bits per heavy atom. The zero-order valence-corrected chi connectivity index (χ0v) is 11.8. The molecule has 100 valence electrons. The fraction of sp³-hybridized carbons (Fsp3) is 0.312. The zero-order chi connectivity index (χ0) is 14.2. The predicted molar refractivity (Wildman–Crippen MR) is 78.2 cm³/mol. The molecule has 2 rings (SSSR count). The Hall–Kier alpha value is -2.03. The molecular formula is C16H19NO2. The summed E-state index contributed by atoms with van der Waals surface area (Å²) in [6.07, 6.45) is 2.17. The molecule has 1 N–H and O–H groups in total. The summed E-state index contributed by atoms with van der Waals surface area (Å²) < 4.78 is 5.25. The van der Waals surface area contributed by atoms with Gasteiger partial charge in [-0.3, -0.25) is 0 Å². The number of rotatable bonds is 2. The molecule has 1 aliphatic heterocycles. The molecule has 0 fully saturated rings. The van der Waals surface area contributed by atoms with Crippen LogP contribution in [0.1, 0.15) is 33.3 Å². The van der Waals surface area contributed by atoms with Gasteiger partial charge < -0.3 is 10.1 Å². The molecule has 0 saturated heterocycles. The predicted octanol–water partition coefficient (Wildman–Crippen LogP) is 3.78. The summed E-state index contributed by atoms with van der Waals surface area (Å²) >= 11 is 0. The van der Waals surface area contributed by atoms with Crippen molar-refractivity contribution in [2.75, 3.05) is 5.32 Å². The normalized spacial score (nSPS) is 15.9. The molecule has 0 aliphatic carbocycles. The van der Waals surface area contributed by atoms with Gasteiger partial charge in [-0.15, -0.1) is 0 Å². The van der Waals surface area contributed by atoms with Crippen molar-refractivity contribution < 1.29 is 9.53 Å². The standard InChI is InChI=1S/C16H19NO2/c1-10(2)15(18)19-12-6-7-14-13(8-12)11(3)9-16(4,5)17-14/h6-9,17H,1H2,2-5H3. The summed E-state index contributed by atoms with van der Waals surface area (Å²) in [7, 11) is 0. The van der Waals surface area contributed by atoms with E-state index >= 15 is 0 Å². The molecule has 3 heteroatoms. The Morgan fingerprint density at radius 1 is 1.37 bits per heavy atom. The van der Waals surface area contributed by atoms with Crippen molar-refractivity contribution in [2.45, 2.75) is 33.2 Å². The molecule has 0 saturated carbocycles. The highest BCUT2D eigenvalue weighted by atomic mass is 16.5. The zero-order valence-electron chi connectivity index (χ0n) is 11.8. The number of ether oxygens (including phenoxy) is 1. The molecule has 1 aliphatic rings. The van der Waals surface area contributed by atoms with E-state index in [1.54, 1.807) is 13.0 Å². The van der Waals surface area contributed by atoms with Crippen molar-refractivity contribution in [1.82, 2.24) is 0 Å². The van der Waals surface area contributed by atoms with Gasteiger partial charge in [0.15, 0.2) is 0 Å². The molecular weight excluding hydrogens is 238 g/mol. The van der Waals surface area contributed by atoms with E-state index < -0.39 is 5.97 Å². The number of hydrogen-bond donors (Lipinski definition) is 1. The van der Waals surface area contributed by atoms with Gasteiger partial charge in [-0.1, -0.05) is 12.7 Å². The van der Waals surface area contributed by atoms with Crippen LogP contribution in [0.25, 0.3) is 5.57 Å². The molecule has 0 unspecified atom stereocenters. The Morgan fingerprint density at radius 3 is 2.68 bits per heavy atom. The van der Waals surface area contributed by atoms with Gasteiger partial charge in [0.2, 0.25) is 0 Å². The second kappa shape index (κ2) is 4.57. The quantitative estimate of drug-likeness (QED) is 0.498. The minimum Gasteiger partial charge on any atom is -0.423 e. The average molecular weight is 257 g/mol. The van der Waals surface area contributed by atoms with Crippen LogP contribution in [0, 0.1) is 0 Å². The Kier molecular flexibility index (Phi) is 3.23. The first-order valence-electron chi connectivity index (χ1n) is 6.28. The highest BCUT2D eigenvalue weighted by Crippen LogP contribution is 2.35. The van der Waals surface area contributed by atoms with Crippen LogP contribution in [0.2, 0.25) is 0 Å². The van der Waals surface area contributed by atoms with Gasteiger partial charge >= 0.3 is 5.97 Å². The van der Waals surface area contributed by atoms with E-state index in [4.69, 9.17) is 4.74 Å². The van der Waals surface area contributed by atoms with Gasteiger partial charge in [0, 0.05) is 16.8 Å². The number of allylic oxidation sites excluding steroid dienone is 1. The van der Waals surface area contributed by atoms with E-state index in [-0.39, 0.29) is 5.54 Å². The van der Waals surface area contributed by atoms with E-state index in [1.807, 2.05) is 12.1 Å². The third-order valence-corrected chi connectivity index (χ3v) is 3.01. The van der Waals surface area contributed by atoms with Crippen molar-refractivity contribution in [3.05, 3.63) is 42.0 Å². The lowest BCUT2D eigenvalue weighted by atomic mass is 9.91. The minimum absolute atomic E-state index is 0.0625. The summed E-state index contributed by atoms with van der Waals surface area (Å²) in [6, 6.07) is 5.61. The van der Waals surface area contributed by atoms with Gasteiger partial charge in [-0.05, 0) is 51.5 Å². The number of hydrogen-bond acceptors (Lipinski definition) is 3. The minimum atomic E-state index is -0.398. The average Bonchev–Trinajstić information content (AvgIpc) is 2.28. The van der Waals surface area contributed by atoms with Gasteiger partial charge in [-0.25, -0.2) is 4.79 Å². The molecule has 0 aromatic heterocycles. The number of anilines is 1. The van der Waals surface area contributed by atoms with Gasteiger partial charge in [0.1, 0.15) is 5.75 Å². The molecule has 19 heavy (non-hydrogen) atoms. The molecule has 0 atom stereocenters. The van der Waals surface area contributed by atoms with Crippen LogP contribution in [0.4, 0.5) is 5.69 Å². The number of esters is 1. The summed E-state index contributed by atoms with van der Waals surface area (Å²) in [6.45, 7) is 11.5. The third kappa shape index (κ3) is 2.87. The van der Waals surface area contributed by atoms with Crippen molar-refractivity contribution in [3.8, 4) is 5.75 Å². The van der Waals surface area contributed by atoms with Crippen LogP contribution in [0.15, 0.2) is 36.4 Å². The molecule has 1 aromatic carbocycles. The summed E-state index contributed by atoms with van der Waals surface area (Å²) in [5.41, 5.74) is 3.62. The third-order valence-electron chi connectivity index (χ3n) is 3.01. The monoisotopic (exact) mass is 257 g/mol. The second-order valence-corrected chi connectivity index (χ2v) is 5.55. The lowest BCUT2D eigenvalue weighted by Crippen LogP contribution is -2.31. The first-order chi connectivity index (χ1) is 8.78. The SMILES string of the molecule is C=C(C)C(=O)Oc1ccc2c(c1)C(C)=CC(C)(C)N2. The van der Waals surface area contributed by atoms with Crippen molar-refractivity contribution in [3.63, 3.8) is 0 Å². The van der Waals surface area contributed by atoms with E-state index in [0.29, 0.717) is 11.3 Å². The largest absolute Gasteiger partial charge is 0.423 e.